The van der Waals surface area contributed by atoms with Gasteiger partial charge in [-0.15, -0.1) is 0 Å². The number of hydrogen-bond donors (Lipinski definition) is 0. The zero-order chi connectivity index (χ0) is 15.2. The number of allylic oxidation sites excluding steroid dienone is 1. The number of sulfone groups is 1. The van der Waals surface area contributed by atoms with E-state index in [4.69, 9.17) is 0 Å². The second-order valence-corrected chi connectivity index (χ2v) is 8.33. The van der Waals surface area contributed by atoms with Crippen molar-refractivity contribution in [1.29, 1.82) is 0 Å². The summed E-state index contributed by atoms with van der Waals surface area (Å²) in [6.45, 7) is 0. The van der Waals surface area contributed by atoms with Crippen molar-refractivity contribution in [2.75, 3.05) is 11.5 Å². The van der Waals surface area contributed by atoms with Gasteiger partial charge in [-0.2, -0.15) is 5.10 Å². The summed E-state index contributed by atoms with van der Waals surface area (Å²) in [6, 6.07) is 10.2. The molecule has 4 nitrogen and oxygen atoms in total. The third kappa shape index (κ3) is 2.39. The third-order valence-corrected chi connectivity index (χ3v) is 6.28. The van der Waals surface area contributed by atoms with E-state index in [0.717, 1.165) is 18.5 Å². The molecule has 1 atom stereocenters. The average molecular weight is 314 g/mol. The molecule has 0 unspecified atom stereocenters. The Bertz CT molecular complexity index is 835. The van der Waals surface area contributed by atoms with Gasteiger partial charge in [0.1, 0.15) is 0 Å². The Kier molecular flexibility index (Phi) is 3.18. The lowest BCUT2D eigenvalue weighted by Gasteiger charge is -2.13. The van der Waals surface area contributed by atoms with Crippen molar-refractivity contribution in [2.45, 2.75) is 25.3 Å². The fourth-order valence-corrected chi connectivity index (χ4v) is 5.15. The third-order valence-electron chi connectivity index (χ3n) is 4.53. The summed E-state index contributed by atoms with van der Waals surface area (Å²) in [5.41, 5.74) is 4.83. The van der Waals surface area contributed by atoms with Crippen LogP contribution >= 0.6 is 0 Å². The summed E-state index contributed by atoms with van der Waals surface area (Å²) < 4.78 is 25.5. The Morgan fingerprint density at radius 3 is 2.73 bits per heavy atom. The minimum Gasteiger partial charge on any atom is -0.261 e. The molecular weight excluding hydrogens is 296 g/mol. The molecule has 1 fully saturated rings. The van der Waals surface area contributed by atoms with Crippen LogP contribution in [0.5, 0.6) is 0 Å². The molecule has 0 saturated carbocycles. The summed E-state index contributed by atoms with van der Waals surface area (Å²) in [6.07, 6.45) is 6.78. The molecule has 0 N–H and O–H groups in total. The van der Waals surface area contributed by atoms with Gasteiger partial charge in [0.25, 0.3) is 0 Å². The molecule has 5 heteroatoms. The summed E-state index contributed by atoms with van der Waals surface area (Å²) in [5.74, 6) is 0.504. The largest absolute Gasteiger partial charge is 0.261 e. The van der Waals surface area contributed by atoms with E-state index in [2.05, 4.69) is 23.3 Å². The van der Waals surface area contributed by atoms with Crippen molar-refractivity contribution in [2.24, 2.45) is 0 Å². The molecule has 2 aliphatic rings. The van der Waals surface area contributed by atoms with Crippen molar-refractivity contribution in [1.82, 2.24) is 9.78 Å². The van der Waals surface area contributed by atoms with Crippen LogP contribution in [0.1, 0.15) is 35.7 Å². The SMILES string of the molecule is O=S1(=O)CC[C@H](n2ncc3c2/C(=C/c2ccccc2)CC3)C1. The summed E-state index contributed by atoms with van der Waals surface area (Å²) >= 11 is 0. The monoisotopic (exact) mass is 314 g/mol. The molecule has 1 aliphatic heterocycles. The first kappa shape index (κ1) is 13.8. The van der Waals surface area contributed by atoms with Crippen LogP contribution in [0, 0.1) is 0 Å². The van der Waals surface area contributed by atoms with Crippen LogP contribution in [0.3, 0.4) is 0 Å². The Balaban J connectivity index is 1.73. The first-order valence-electron chi connectivity index (χ1n) is 7.65. The normalized spacial score (nSPS) is 24.7. The molecule has 0 radical (unpaired) electrons. The van der Waals surface area contributed by atoms with Crippen LogP contribution in [0.4, 0.5) is 0 Å². The van der Waals surface area contributed by atoms with Gasteiger partial charge in [0, 0.05) is 0 Å². The summed E-state index contributed by atoms with van der Waals surface area (Å²) in [4.78, 5) is 0. The molecule has 2 aromatic rings. The van der Waals surface area contributed by atoms with E-state index in [9.17, 15) is 8.42 Å². The Hall–Kier alpha value is -1.88. The Morgan fingerprint density at radius 1 is 1.18 bits per heavy atom. The van der Waals surface area contributed by atoms with E-state index < -0.39 is 9.84 Å². The molecule has 0 spiro atoms. The van der Waals surface area contributed by atoms with Crippen LogP contribution in [0.15, 0.2) is 36.5 Å². The zero-order valence-electron chi connectivity index (χ0n) is 12.3. The first-order valence-corrected chi connectivity index (χ1v) is 9.47. The molecule has 4 rings (SSSR count). The van der Waals surface area contributed by atoms with Crippen LogP contribution < -0.4 is 0 Å². The smallest absolute Gasteiger partial charge is 0.152 e. The minimum absolute atomic E-state index is 0.00831. The molecule has 1 aliphatic carbocycles. The Labute approximate surface area is 130 Å². The lowest BCUT2D eigenvalue weighted by atomic mass is 10.1. The van der Waals surface area contributed by atoms with Crippen molar-refractivity contribution in [3.05, 3.63) is 53.3 Å². The number of hydrogen-bond acceptors (Lipinski definition) is 3. The van der Waals surface area contributed by atoms with E-state index in [1.807, 2.05) is 29.1 Å². The lowest BCUT2D eigenvalue weighted by Crippen LogP contribution is -2.14. The van der Waals surface area contributed by atoms with Crippen LogP contribution in [0.25, 0.3) is 11.6 Å². The van der Waals surface area contributed by atoms with Gasteiger partial charge in [-0.25, -0.2) is 8.42 Å². The highest BCUT2D eigenvalue weighted by Gasteiger charge is 2.33. The first-order chi connectivity index (χ1) is 10.6. The molecule has 1 aromatic heterocycles. The van der Waals surface area contributed by atoms with E-state index >= 15 is 0 Å². The standard InChI is InChI=1S/C17H18N2O2S/c20-22(21)9-8-16(12-22)19-17-14(6-7-15(17)11-18-19)10-13-4-2-1-3-5-13/h1-5,10-11,16H,6-9,12H2/b14-10+/t16-/m0/s1. The number of benzene rings is 1. The van der Waals surface area contributed by atoms with E-state index in [-0.39, 0.29) is 17.5 Å². The highest BCUT2D eigenvalue weighted by molar-refractivity contribution is 7.91. The fourth-order valence-electron chi connectivity index (χ4n) is 3.46. The number of aryl methyl sites for hydroxylation is 1. The second kappa shape index (κ2) is 5.09. The van der Waals surface area contributed by atoms with Crippen molar-refractivity contribution < 1.29 is 8.42 Å². The Morgan fingerprint density at radius 2 is 2.00 bits per heavy atom. The number of fused-ring (bicyclic) bond motifs is 1. The van der Waals surface area contributed by atoms with Crippen LogP contribution in [-0.2, 0) is 16.3 Å². The van der Waals surface area contributed by atoms with E-state index in [0.29, 0.717) is 6.42 Å². The topological polar surface area (TPSA) is 52.0 Å². The van der Waals surface area contributed by atoms with Gasteiger partial charge in [-0.3, -0.25) is 4.68 Å². The van der Waals surface area contributed by atoms with Crippen LogP contribution in [0.2, 0.25) is 0 Å². The number of rotatable bonds is 2. The van der Waals surface area contributed by atoms with Gasteiger partial charge in [-0.1, -0.05) is 30.3 Å². The maximum Gasteiger partial charge on any atom is 0.152 e. The van der Waals surface area contributed by atoms with Crippen molar-refractivity contribution in [3.63, 3.8) is 0 Å². The van der Waals surface area contributed by atoms with Gasteiger partial charge in [0.2, 0.25) is 0 Å². The molecule has 1 aromatic carbocycles. The summed E-state index contributed by atoms with van der Waals surface area (Å²) in [7, 11) is -2.90. The predicted octanol–water partition coefficient (Wildman–Crippen LogP) is 2.73. The van der Waals surface area contributed by atoms with Crippen molar-refractivity contribution >= 4 is 21.5 Å². The van der Waals surface area contributed by atoms with E-state index in [1.54, 1.807) is 0 Å². The molecule has 0 bridgehead atoms. The highest BCUT2D eigenvalue weighted by Crippen LogP contribution is 2.37. The van der Waals surface area contributed by atoms with E-state index in [1.165, 1.54) is 16.7 Å². The summed E-state index contributed by atoms with van der Waals surface area (Å²) in [5, 5.41) is 4.49. The van der Waals surface area contributed by atoms with Gasteiger partial charge in [0.05, 0.1) is 29.4 Å². The van der Waals surface area contributed by atoms with Crippen LogP contribution in [-0.4, -0.2) is 29.7 Å². The van der Waals surface area contributed by atoms with Gasteiger partial charge < -0.3 is 0 Å². The van der Waals surface area contributed by atoms with Gasteiger partial charge in [0.15, 0.2) is 9.84 Å². The molecular formula is C17H18N2O2S. The molecule has 1 saturated heterocycles. The number of nitrogens with zero attached hydrogens (tertiary/aromatic N) is 2. The predicted molar refractivity (Wildman–Crippen MR) is 87.2 cm³/mol. The van der Waals surface area contributed by atoms with Gasteiger partial charge in [-0.05, 0) is 42.0 Å². The fraction of sp³-hybridized carbons (Fsp3) is 0.353. The molecule has 114 valence electrons. The second-order valence-electron chi connectivity index (χ2n) is 6.10. The van der Waals surface area contributed by atoms with Crippen molar-refractivity contribution in [3.8, 4) is 0 Å². The lowest BCUT2D eigenvalue weighted by molar-refractivity contribution is 0.495. The zero-order valence-corrected chi connectivity index (χ0v) is 13.1. The molecule has 22 heavy (non-hydrogen) atoms. The minimum atomic E-state index is -2.90. The highest BCUT2D eigenvalue weighted by atomic mass is 32.2. The number of aromatic nitrogens is 2. The molecule has 2 heterocycles. The quantitative estimate of drug-likeness (QED) is 0.856. The maximum atomic E-state index is 11.8. The average Bonchev–Trinajstić information content (AvgIpc) is 3.16. The maximum absolute atomic E-state index is 11.8. The van der Waals surface area contributed by atoms with Gasteiger partial charge >= 0.3 is 0 Å². The molecule has 0 amide bonds.